The van der Waals surface area contributed by atoms with Gasteiger partial charge < -0.3 is 10.5 Å². The van der Waals surface area contributed by atoms with Crippen molar-refractivity contribution in [2.24, 2.45) is 11.7 Å². The number of ether oxygens (including phenoxy) is 1. The van der Waals surface area contributed by atoms with Gasteiger partial charge in [0.25, 0.3) is 0 Å². The Morgan fingerprint density at radius 3 is 2.83 bits per heavy atom. The molecule has 0 saturated carbocycles. The first-order valence-corrected chi connectivity index (χ1v) is 4.21. The predicted octanol–water partition coefficient (Wildman–Crippen LogP) is 1.19. The first-order chi connectivity index (χ1) is 5.65. The molecule has 1 aliphatic rings. The monoisotopic (exact) mass is 169 g/mol. The van der Waals surface area contributed by atoms with Crippen LogP contribution in [0.15, 0.2) is 11.3 Å². The summed E-state index contributed by atoms with van der Waals surface area (Å²) in [7, 11) is 1.39. The number of carbonyl (C=O) groups is 1. The fourth-order valence-electron chi connectivity index (χ4n) is 1.51. The lowest BCUT2D eigenvalue weighted by molar-refractivity contribution is -0.136. The molecule has 1 atom stereocenters. The zero-order chi connectivity index (χ0) is 9.14. The molecule has 3 nitrogen and oxygen atoms in total. The lowest BCUT2D eigenvalue weighted by Gasteiger charge is -2.20. The number of rotatable bonds is 1. The second-order valence-corrected chi connectivity index (χ2v) is 3.34. The van der Waals surface area contributed by atoms with Crippen LogP contribution < -0.4 is 5.73 Å². The quantitative estimate of drug-likeness (QED) is 0.600. The first-order valence-electron chi connectivity index (χ1n) is 4.21. The Bertz CT molecular complexity index is 221. The van der Waals surface area contributed by atoms with Gasteiger partial charge in [0.2, 0.25) is 0 Å². The molecule has 0 heterocycles. The summed E-state index contributed by atoms with van der Waals surface area (Å²) < 4.78 is 4.62. The van der Waals surface area contributed by atoms with Crippen molar-refractivity contribution < 1.29 is 9.53 Å². The molecule has 2 N–H and O–H groups in total. The van der Waals surface area contributed by atoms with Gasteiger partial charge in [0.05, 0.1) is 12.7 Å². The van der Waals surface area contributed by atoms with E-state index in [0.717, 1.165) is 19.3 Å². The molecule has 0 aromatic rings. The van der Waals surface area contributed by atoms with Crippen molar-refractivity contribution in [1.29, 1.82) is 0 Å². The van der Waals surface area contributed by atoms with E-state index in [2.05, 4.69) is 11.7 Å². The van der Waals surface area contributed by atoms with Crippen molar-refractivity contribution in [3.63, 3.8) is 0 Å². The summed E-state index contributed by atoms with van der Waals surface area (Å²) in [5.74, 6) is 0.331. The number of methoxy groups -OCH3 is 1. The number of hydrogen-bond donors (Lipinski definition) is 1. The highest BCUT2D eigenvalue weighted by molar-refractivity contribution is 5.89. The fraction of sp³-hybridized carbons (Fsp3) is 0.667. The third-order valence-electron chi connectivity index (χ3n) is 2.27. The zero-order valence-corrected chi connectivity index (χ0v) is 7.59. The van der Waals surface area contributed by atoms with Crippen LogP contribution in [0.1, 0.15) is 26.2 Å². The molecular formula is C9H15NO2. The molecule has 0 aliphatic heterocycles. The summed E-state index contributed by atoms with van der Waals surface area (Å²) in [6.45, 7) is 2.14. The molecule has 0 fully saturated rings. The van der Waals surface area contributed by atoms with Crippen molar-refractivity contribution in [1.82, 2.24) is 0 Å². The average Bonchev–Trinajstić information content (AvgIpc) is 2.03. The van der Waals surface area contributed by atoms with E-state index in [-0.39, 0.29) is 5.97 Å². The van der Waals surface area contributed by atoms with Gasteiger partial charge in [-0.05, 0) is 25.2 Å². The maximum absolute atomic E-state index is 11.1. The highest BCUT2D eigenvalue weighted by Crippen LogP contribution is 2.26. The van der Waals surface area contributed by atoms with Crippen molar-refractivity contribution in [3.8, 4) is 0 Å². The highest BCUT2D eigenvalue weighted by atomic mass is 16.5. The van der Waals surface area contributed by atoms with Gasteiger partial charge in [-0.15, -0.1) is 0 Å². The van der Waals surface area contributed by atoms with Crippen molar-refractivity contribution in [3.05, 3.63) is 11.3 Å². The number of esters is 1. The van der Waals surface area contributed by atoms with Gasteiger partial charge in [0, 0.05) is 5.70 Å². The van der Waals surface area contributed by atoms with E-state index in [9.17, 15) is 4.79 Å². The van der Waals surface area contributed by atoms with Gasteiger partial charge in [-0.1, -0.05) is 6.92 Å². The van der Waals surface area contributed by atoms with E-state index in [1.165, 1.54) is 7.11 Å². The van der Waals surface area contributed by atoms with Crippen LogP contribution in [0, 0.1) is 5.92 Å². The van der Waals surface area contributed by atoms with E-state index in [0.29, 0.717) is 17.2 Å². The summed E-state index contributed by atoms with van der Waals surface area (Å²) in [6.07, 6.45) is 2.62. The maximum atomic E-state index is 11.1. The smallest absolute Gasteiger partial charge is 0.335 e. The third-order valence-corrected chi connectivity index (χ3v) is 2.27. The predicted molar refractivity (Wildman–Crippen MR) is 46.2 cm³/mol. The molecule has 0 aromatic carbocycles. The summed E-state index contributed by atoms with van der Waals surface area (Å²) in [5.41, 5.74) is 7.11. The number of hydrogen-bond acceptors (Lipinski definition) is 3. The molecule has 0 aromatic heterocycles. The Morgan fingerprint density at radius 1 is 1.67 bits per heavy atom. The molecule has 3 heteroatoms. The highest BCUT2D eigenvalue weighted by Gasteiger charge is 2.21. The molecule has 0 saturated heterocycles. The van der Waals surface area contributed by atoms with Gasteiger partial charge in [0.15, 0.2) is 0 Å². The molecule has 1 aliphatic carbocycles. The normalized spacial score (nSPS) is 24.0. The second kappa shape index (κ2) is 3.61. The summed E-state index contributed by atoms with van der Waals surface area (Å²) in [5, 5.41) is 0. The lowest BCUT2D eigenvalue weighted by Crippen LogP contribution is -2.19. The Hall–Kier alpha value is -0.990. The average molecular weight is 169 g/mol. The van der Waals surface area contributed by atoms with Crippen LogP contribution >= 0.6 is 0 Å². The molecule has 1 unspecified atom stereocenters. The molecule has 68 valence electrons. The molecular weight excluding hydrogens is 154 g/mol. The summed E-state index contributed by atoms with van der Waals surface area (Å²) >= 11 is 0. The molecule has 1 rings (SSSR count). The lowest BCUT2D eigenvalue weighted by atomic mass is 9.89. The Balaban J connectivity index is 2.75. The minimum absolute atomic E-state index is 0.264. The van der Waals surface area contributed by atoms with Gasteiger partial charge >= 0.3 is 5.97 Å². The van der Waals surface area contributed by atoms with Crippen LogP contribution in [0.5, 0.6) is 0 Å². The van der Waals surface area contributed by atoms with E-state index in [1.54, 1.807) is 0 Å². The van der Waals surface area contributed by atoms with Gasteiger partial charge in [-0.3, -0.25) is 0 Å². The number of nitrogens with two attached hydrogens (primary N) is 1. The molecule has 12 heavy (non-hydrogen) atoms. The van der Waals surface area contributed by atoms with Crippen LogP contribution in [0.25, 0.3) is 0 Å². The Morgan fingerprint density at radius 2 is 2.33 bits per heavy atom. The van der Waals surface area contributed by atoms with Gasteiger partial charge in [-0.2, -0.15) is 0 Å². The first kappa shape index (κ1) is 9.10. The largest absolute Gasteiger partial charge is 0.466 e. The second-order valence-electron chi connectivity index (χ2n) is 3.34. The summed E-state index contributed by atoms with van der Waals surface area (Å²) in [4.78, 5) is 11.1. The number of carbonyl (C=O) groups excluding carboxylic acids is 1. The standard InChI is InChI=1S/C9H15NO2/c1-6-3-4-7(8(10)5-6)9(11)12-2/h6H,3-5,10H2,1-2H3. The van der Waals surface area contributed by atoms with Crippen LogP contribution in [-0.2, 0) is 9.53 Å². The third kappa shape index (κ3) is 1.78. The van der Waals surface area contributed by atoms with Crippen LogP contribution in [0.2, 0.25) is 0 Å². The SMILES string of the molecule is COC(=O)C1=C(N)CC(C)CC1. The Kier molecular flexibility index (Phi) is 2.74. The van der Waals surface area contributed by atoms with E-state index in [4.69, 9.17) is 5.73 Å². The molecule has 0 bridgehead atoms. The topological polar surface area (TPSA) is 52.3 Å². The van der Waals surface area contributed by atoms with E-state index >= 15 is 0 Å². The van der Waals surface area contributed by atoms with E-state index in [1.807, 2.05) is 0 Å². The van der Waals surface area contributed by atoms with Crippen LogP contribution in [-0.4, -0.2) is 13.1 Å². The van der Waals surface area contributed by atoms with E-state index < -0.39 is 0 Å². The zero-order valence-electron chi connectivity index (χ0n) is 7.59. The minimum Gasteiger partial charge on any atom is -0.466 e. The van der Waals surface area contributed by atoms with Gasteiger partial charge in [-0.25, -0.2) is 4.79 Å². The summed E-state index contributed by atoms with van der Waals surface area (Å²) in [6, 6.07) is 0. The van der Waals surface area contributed by atoms with Crippen LogP contribution in [0.4, 0.5) is 0 Å². The molecule has 0 spiro atoms. The van der Waals surface area contributed by atoms with Crippen molar-refractivity contribution in [2.75, 3.05) is 7.11 Å². The van der Waals surface area contributed by atoms with Crippen molar-refractivity contribution >= 4 is 5.97 Å². The molecule has 0 radical (unpaired) electrons. The molecule has 0 amide bonds. The maximum Gasteiger partial charge on any atom is 0.335 e. The Labute approximate surface area is 72.6 Å². The van der Waals surface area contributed by atoms with Crippen molar-refractivity contribution in [2.45, 2.75) is 26.2 Å². The van der Waals surface area contributed by atoms with Crippen LogP contribution in [0.3, 0.4) is 0 Å². The fourth-order valence-corrected chi connectivity index (χ4v) is 1.51. The van der Waals surface area contributed by atoms with Gasteiger partial charge in [0.1, 0.15) is 0 Å². The number of allylic oxidation sites excluding steroid dienone is 1. The minimum atomic E-state index is -0.264.